The minimum atomic E-state index is -0.451. The highest BCUT2D eigenvalue weighted by molar-refractivity contribution is 6.01. The highest BCUT2D eigenvalue weighted by Gasteiger charge is 2.10. The number of hydrogen-bond donors (Lipinski definition) is 3. The van der Waals surface area contributed by atoms with E-state index in [0.717, 1.165) is 16.5 Å². The van der Waals surface area contributed by atoms with Crippen molar-refractivity contribution in [2.45, 2.75) is 6.42 Å². The van der Waals surface area contributed by atoms with Crippen molar-refractivity contribution in [2.24, 2.45) is 0 Å². The monoisotopic (exact) mass is 361 g/mol. The Morgan fingerprint density at radius 2 is 2.15 bits per heavy atom. The van der Waals surface area contributed by atoms with Gasteiger partial charge in [-0.15, -0.1) is 0 Å². The molecule has 0 spiro atoms. The summed E-state index contributed by atoms with van der Waals surface area (Å²) in [6.45, 7) is 0.410. The van der Waals surface area contributed by atoms with Gasteiger partial charge in [-0.25, -0.2) is 0 Å². The number of hydrogen-bond acceptors (Lipinski definition) is 4. The Morgan fingerprint density at radius 1 is 1.33 bits per heavy atom. The van der Waals surface area contributed by atoms with Gasteiger partial charge in [0.2, 0.25) is 0 Å². The van der Waals surface area contributed by atoms with Gasteiger partial charge in [-0.1, -0.05) is 24.3 Å². The first kappa shape index (κ1) is 18.1. The number of rotatable bonds is 6. The van der Waals surface area contributed by atoms with Gasteiger partial charge in [0, 0.05) is 23.6 Å². The first-order valence-electron chi connectivity index (χ1n) is 8.44. The summed E-state index contributed by atoms with van der Waals surface area (Å²) in [5.74, 6) is -0.176. The van der Waals surface area contributed by atoms with Crippen molar-refractivity contribution in [3.8, 4) is 17.6 Å². The molecular weight excluding hydrogens is 342 g/mol. The summed E-state index contributed by atoms with van der Waals surface area (Å²) in [6.07, 6.45) is 4.01. The maximum absolute atomic E-state index is 12.3. The van der Waals surface area contributed by atoms with E-state index in [1.54, 1.807) is 12.1 Å². The smallest absolute Gasteiger partial charge is 0.261 e. The Hall–Kier alpha value is -3.72. The largest absolute Gasteiger partial charge is 0.504 e. The molecule has 3 N–H and O–H groups in total. The maximum Gasteiger partial charge on any atom is 0.261 e. The Kier molecular flexibility index (Phi) is 5.43. The molecule has 6 heteroatoms. The second-order valence-electron chi connectivity index (χ2n) is 5.97. The molecule has 0 bridgehead atoms. The van der Waals surface area contributed by atoms with Crippen molar-refractivity contribution in [3.05, 3.63) is 65.4 Å². The molecule has 0 aliphatic carbocycles. The number of H-pyrrole nitrogens is 1. The van der Waals surface area contributed by atoms with Crippen LogP contribution in [0.15, 0.2) is 54.2 Å². The van der Waals surface area contributed by atoms with Gasteiger partial charge in [-0.05, 0) is 41.8 Å². The fourth-order valence-corrected chi connectivity index (χ4v) is 2.86. The molecule has 2 aromatic carbocycles. The Morgan fingerprint density at radius 3 is 2.89 bits per heavy atom. The molecule has 0 radical (unpaired) electrons. The average Bonchev–Trinajstić information content (AvgIpc) is 3.09. The number of benzene rings is 2. The van der Waals surface area contributed by atoms with Crippen molar-refractivity contribution in [1.82, 2.24) is 10.3 Å². The van der Waals surface area contributed by atoms with Crippen LogP contribution in [0.1, 0.15) is 11.1 Å². The lowest BCUT2D eigenvalue weighted by atomic mass is 10.1. The van der Waals surface area contributed by atoms with Gasteiger partial charge in [0.15, 0.2) is 11.5 Å². The number of para-hydroxylation sites is 1. The van der Waals surface area contributed by atoms with Crippen LogP contribution in [-0.2, 0) is 11.2 Å². The molecule has 1 heterocycles. The summed E-state index contributed by atoms with van der Waals surface area (Å²) in [5.41, 5.74) is 2.67. The van der Waals surface area contributed by atoms with Gasteiger partial charge in [-0.2, -0.15) is 5.26 Å². The highest BCUT2D eigenvalue weighted by atomic mass is 16.5. The number of aromatic hydroxyl groups is 1. The number of fused-ring (bicyclic) bond motifs is 1. The molecule has 27 heavy (non-hydrogen) atoms. The van der Waals surface area contributed by atoms with Crippen LogP contribution < -0.4 is 10.1 Å². The second-order valence-corrected chi connectivity index (χ2v) is 5.97. The first-order chi connectivity index (χ1) is 13.1. The molecule has 1 aromatic heterocycles. The molecule has 0 saturated carbocycles. The summed E-state index contributed by atoms with van der Waals surface area (Å²) >= 11 is 0. The van der Waals surface area contributed by atoms with E-state index in [1.807, 2.05) is 36.5 Å². The lowest BCUT2D eigenvalue weighted by Gasteiger charge is -2.06. The van der Waals surface area contributed by atoms with Crippen LogP contribution in [0.4, 0.5) is 0 Å². The fraction of sp³-hybridized carbons (Fsp3) is 0.143. The van der Waals surface area contributed by atoms with Crippen LogP contribution in [-0.4, -0.2) is 29.7 Å². The van der Waals surface area contributed by atoms with E-state index in [1.165, 1.54) is 19.3 Å². The molecule has 0 aliphatic heterocycles. The number of phenols is 1. The van der Waals surface area contributed by atoms with Crippen molar-refractivity contribution in [3.63, 3.8) is 0 Å². The first-order valence-corrected chi connectivity index (χ1v) is 8.44. The molecule has 0 saturated heterocycles. The van der Waals surface area contributed by atoms with Crippen molar-refractivity contribution < 1.29 is 14.6 Å². The number of nitriles is 1. The molecule has 6 nitrogen and oxygen atoms in total. The van der Waals surface area contributed by atoms with E-state index in [9.17, 15) is 15.2 Å². The maximum atomic E-state index is 12.3. The number of phenolic OH excluding ortho intramolecular Hbond substituents is 1. The Balaban J connectivity index is 1.65. The van der Waals surface area contributed by atoms with E-state index in [2.05, 4.69) is 10.3 Å². The van der Waals surface area contributed by atoms with E-state index < -0.39 is 5.91 Å². The van der Waals surface area contributed by atoms with Crippen molar-refractivity contribution >= 4 is 22.9 Å². The van der Waals surface area contributed by atoms with E-state index in [-0.39, 0.29) is 11.3 Å². The predicted molar refractivity (Wildman–Crippen MR) is 103 cm³/mol. The summed E-state index contributed by atoms with van der Waals surface area (Å²) in [7, 11) is 1.45. The molecule has 0 aliphatic rings. The van der Waals surface area contributed by atoms with Gasteiger partial charge in [0.25, 0.3) is 5.91 Å². The number of carbonyl (C=O) groups is 1. The predicted octanol–water partition coefficient (Wildman–Crippen LogP) is 3.15. The van der Waals surface area contributed by atoms with Gasteiger partial charge in [-0.3, -0.25) is 4.79 Å². The van der Waals surface area contributed by atoms with Crippen molar-refractivity contribution in [2.75, 3.05) is 13.7 Å². The summed E-state index contributed by atoms with van der Waals surface area (Å²) in [4.78, 5) is 15.5. The normalized spacial score (nSPS) is 11.2. The lowest BCUT2D eigenvalue weighted by molar-refractivity contribution is -0.117. The van der Waals surface area contributed by atoms with Crippen LogP contribution >= 0.6 is 0 Å². The Bertz CT molecular complexity index is 1040. The third kappa shape index (κ3) is 4.10. The van der Waals surface area contributed by atoms with E-state index >= 15 is 0 Å². The number of carbonyl (C=O) groups excluding carboxylic acids is 1. The number of methoxy groups -OCH3 is 1. The van der Waals surface area contributed by atoms with Crippen LogP contribution in [0, 0.1) is 11.3 Å². The van der Waals surface area contributed by atoms with Crippen LogP contribution in [0.2, 0.25) is 0 Å². The number of aromatic nitrogens is 1. The fourth-order valence-electron chi connectivity index (χ4n) is 2.86. The van der Waals surface area contributed by atoms with Crippen LogP contribution in [0.3, 0.4) is 0 Å². The van der Waals surface area contributed by atoms with Crippen LogP contribution in [0.25, 0.3) is 17.0 Å². The molecule has 0 fully saturated rings. The third-order valence-corrected chi connectivity index (χ3v) is 4.23. The number of amides is 1. The Labute approximate surface area is 156 Å². The molecule has 136 valence electrons. The zero-order valence-corrected chi connectivity index (χ0v) is 14.8. The quantitative estimate of drug-likeness (QED) is 0.464. The number of aromatic amines is 1. The summed E-state index contributed by atoms with van der Waals surface area (Å²) < 4.78 is 4.98. The minimum absolute atomic E-state index is 0.0292. The third-order valence-electron chi connectivity index (χ3n) is 4.23. The summed E-state index contributed by atoms with van der Waals surface area (Å²) in [6, 6.07) is 14.5. The molecule has 0 unspecified atom stereocenters. The molecule has 3 rings (SSSR count). The van der Waals surface area contributed by atoms with Crippen molar-refractivity contribution in [1.29, 1.82) is 5.26 Å². The average molecular weight is 361 g/mol. The SMILES string of the molecule is COc1ccc(/C=C(/C#N)C(=O)NCCc2c[nH]c3ccccc23)cc1O. The number of ether oxygens (including phenoxy) is 1. The zero-order valence-electron chi connectivity index (χ0n) is 14.8. The molecule has 3 aromatic rings. The number of nitrogens with one attached hydrogen (secondary N) is 2. The molecular formula is C21H19N3O3. The van der Waals surface area contributed by atoms with E-state index in [0.29, 0.717) is 24.3 Å². The zero-order chi connectivity index (χ0) is 19.2. The van der Waals surface area contributed by atoms with Gasteiger partial charge >= 0.3 is 0 Å². The van der Waals surface area contributed by atoms with E-state index in [4.69, 9.17) is 4.74 Å². The topological polar surface area (TPSA) is 98.1 Å². The van der Waals surface area contributed by atoms with Gasteiger partial charge in [0.1, 0.15) is 11.6 Å². The minimum Gasteiger partial charge on any atom is -0.504 e. The standard InChI is InChI=1S/C21H19N3O3/c1-27-20-7-6-14(11-19(20)25)10-16(12-22)21(26)23-9-8-15-13-24-18-5-3-2-4-17(15)18/h2-7,10-11,13,24-25H,8-9H2,1H3,(H,23,26)/b16-10-. The van der Waals surface area contributed by atoms with Gasteiger partial charge < -0.3 is 20.1 Å². The highest BCUT2D eigenvalue weighted by Crippen LogP contribution is 2.27. The summed E-state index contributed by atoms with van der Waals surface area (Å²) in [5, 5.41) is 23.0. The lowest BCUT2D eigenvalue weighted by Crippen LogP contribution is -2.26. The second kappa shape index (κ2) is 8.11. The number of nitrogens with zero attached hydrogens (tertiary/aromatic N) is 1. The molecule has 0 atom stereocenters. The van der Waals surface area contributed by atoms with Gasteiger partial charge in [0.05, 0.1) is 7.11 Å². The van der Waals surface area contributed by atoms with Crippen LogP contribution in [0.5, 0.6) is 11.5 Å². The molecule has 1 amide bonds.